The van der Waals surface area contributed by atoms with Crippen molar-refractivity contribution in [3.63, 3.8) is 0 Å². The second-order valence-electron chi connectivity index (χ2n) is 10.1. The summed E-state index contributed by atoms with van der Waals surface area (Å²) in [5, 5.41) is 10.2. The van der Waals surface area contributed by atoms with Crippen molar-refractivity contribution >= 4 is 9.84 Å². The van der Waals surface area contributed by atoms with Gasteiger partial charge >= 0.3 is 0 Å². The van der Waals surface area contributed by atoms with E-state index >= 15 is 0 Å². The van der Waals surface area contributed by atoms with Crippen molar-refractivity contribution in [2.24, 2.45) is 0 Å². The highest BCUT2D eigenvalue weighted by Gasteiger charge is 2.34. The molecule has 3 aromatic carbocycles. The lowest BCUT2D eigenvalue weighted by molar-refractivity contribution is 0.422. The van der Waals surface area contributed by atoms with E-state index in [-0.39, 0.29) is 21.5 Å². The molecule has 0 bridgehead atoms. The maximum absolute atomic E-state index is 13.9. The first-order chi connectivity index (χ1) is 14.3. The van der Waals surface area contributed by atoms with Gasteiger partial charge in [-0.25, -0.2) is 8.42 Å². The molecule has 0 heterocycles. The van der Waals surface area contributed by atoms with Crippen molar-refractivity contribution in [1.29, 1.82) is 0 Å². The number of phenolic OH excluding ortho intramolecular Hbond substituents is 1. The van der Waals surface area contributed by atoms with E-state index in [2.05, 4.69) is 0 Å². The van der Waals surface area contributed by atoms with Gasteiger partial charge in [0.15, 0.2) is 9.84 Å². The lowest BCUT2D eigenvalue weighted by atomic mass is 9.78. The molecule has 1 N–H and O–H groups in total. The Kier molecular flexibility index (Phi) is 6.07. The van der Waals surface area contributed by atoms with Crippen LogP contribution < -0.4 is 0 Å². The van der Waals surface area contributed by atoms with Gasteiger partial charge in [0.25, 0.3) is 0 Å². The third-order valence-electron chi connectivity index (χ3n) is 5.54. The van der Waals surface area contributed by atoms with E-state index in [1.54, 1.807) is 24.3 Å². The van der Waals surface area contributed by atoms with Crippen LogP contribution >= 0.6 is 0 Å². The summed E-state index contributed by atoms with van der Waals surface area (Å²) in [5.74, 6) is 0.243. The van der Waals surface area contributed by atoms with Gasteiger partial charge in [0, 0.05) is 0 Å². The Labute approximate surface area is 186 Å². The molecular weight excluding hydrogens is 404 g/mol. The fraction of sp³-hybridized carbons (Fsp3) is 0.333. The fourth-order valence-corrected chi connectivity index (χ4v) is 5.69. The molecule has 0 radical (unpaired) electrons. The average molecular weight is 437 g/mol. The van der Waals surface area contributed by atoms with Crippen molar-refractivity contribution in [2.45, 2.75) is 62.5 Å². The number of sulfone groups is 1. The third kappa shape index (κ3) is 4.69. The molecule has 3 rings (SSSR count). The topological polar surface area (TPSA) is 54.4 Å². The number of rotatable bonds is 4. The molecule has 0 spiro atoms. The zero-order valence-corrected chi connectivity index (χ0v) is 20.0. The molecular formula is C27H32O3S. The number of phenols is 1. The van der Waals surface area contributed by atoms with E-state index in [4.69, 9.17) is 0 Å². The summed E-state index contributed by atoms with van der Waals surface area (Å²) in [7, 11) is -3.73. The minimum Gasteiger partial charge on any atom is -0.507 e. The highest BCUT2D eigenvalue weighted by atomic mass is 32.2. The summed E-state index contributed by atoms with van der Waals surface area (Å²) < 4.78 is 27.8. The van der Waals surface area contributed by atoms with Gasteiger partial charge in [-0.05, 0) is 57.3 Å². The van der Waals surface area contributed by atoms with Gasteiger partial charge in [-0.2, -0.15) is 0 Å². The van der Waals surface area contributed by atoms with Crippen LogP contribution in [0.1, 0.15) is 69.0 Å². The normalized spacial score (nSPS) is 13.7. The molecule has 0 fully saturated rings. The van der Waals surface area contributed by atoms with Crippen LogP contribution in [0, 0.1) is 0 Å². The summed E-state index contributed by atoms with van der Waals surface area (Å²) in [5.41, 5.74) is 2.17. The van der Waals surface area contributed by atoms with Gasteiger partial charge in [0.05, 0.1) is 4.90 Å². The van der Waals surface area contributed by atoms with Crippen molar-refractivity contribution < 1.29 is 13.5 Å². The lowest BCUT2D eigenvalue weighted by Gasteiger charge is -2.30. The average Bonchev–Trinajstić information content (AvgIpc) is 2.69. The predicted molar refractivity (Wildman–Crippen MR) is 127 cm³/mol. The highest BCUT2D eigenvalue weighted by Crippen LogP contribution is 2.44. The monoisotopic (exact) mass is 436 g/mol. The molecule has 1 atom stereocenters. The Morgan fingerprint density at radius 2 is 1.10 bits per heavy atom. The van der Waals surface area contributed by atoms with E-state index in [9.17, 15) is 13.5 Å². The molecule has 3 aromatic rings. The minimum atomic E-state index is -3.73. The number of hydrogen-bond donors (Lipinski definition) is 1. The van der Waals surface area contributed by atoms with E-state index < -0.39 is 15.1 Å². The van der Waals surface area contributed by atoms with Crippen LogP contribution in [0.5, 0.6) is 5.75 Å². The quantitative estimate of drug-likeness (QED) is 0.504. The number of aromatic hydroxyl groups is 1. The van der Waals surface area contributed by atoms with Crippen LogP contribution in [0.15, 0.2) is 77.7 Å². The molecule has 0 amide bonds. The molecule has 0 aromatic heterocycles. The zero-order valence-electron chi connectivity index (χ0n) is 19.2. The smallest absolute Gasteiger partial charge is 0.189 e. The van der Waals surface area contributed by atoms with Crippen LogP contribution in [-0.4, -0.2) is 13.5 Å². The highest BCUT2D eigenvalue weighted by molar-refractivity contribution is 7.91. The predicted octanol–water partition coefficient (Wildman–Crippen LogP) is 6.55. The largest absolute Gasteiger partial charge is 0.507 e. The zero-order chi connectivity index (χ0) is 23.0. The Morgan fingerprint density at radius 1 is 0.677 bits per heavy atom. The summed E-state index contributed by atoms with van der Waals surface area (Å²) in [6.45, 7) is 12.2. The van der Waals surface area contributed by atoms with E-state index in [1.165, 1.54) is 0 Å². The molecule has 3 nitrogen and oxygen atoms in total. The lowest BCUT2D eigenvalue weighted by Crippen LogP contribution is -2.21. The summed E-state index contributed by atoms with van der Waals surface area (Å²) in [6.07, 6.45) is 0. The van der Waals surface area contributed by atoms with Gasteiger partial charge in [0.1, 0.15) is 11.0 Å². The molecule has 0 aliphatic rings. The standard InChI is InChI=1S/C27H32O3S/c1-26(2,3)22-17-20(18-23(24(22)28)27(4,5)6)25(19-13-9-7-10-14-19)31(29,30)21-15-11-8-12-16-21/h7-18,25,28H,1-6H3. The van der Waals surface area contributed by atoms with Crippen LogP contribution in [-0.2, 0) is 20.7 Å². The first kappa shape index (κ1) is 23.1. The van der Waals surface area contributed by atoms with Crippen molar-refractivity contribution in [2.75, 3.05) is 0 Å². The van der Waals surface area contributed by atoms with E-state index in [0.717, 1.165) is 11.1 Å². The Bertz CT molecular complexity index is 1120. The van der Waals surface area contributed by atoms with Crippen LogP contribution in [0.4, 0.5) is 0 Å². The second-order valence-corrected chi connectivity index (χ2v) is 12.1. The number of hydrogen-bond acceptors (Lipinski definition) is 3. The SMILES string of the molecule is CC(C)(C)c1cc(C(c2ccccc2)S(=O)(=O)c2ccccc2)cc(C(C)(C)C)c1O. The second kappa shape index (κ2) is 8.16. The maximum Gasteiger partial charge on any atom is 0.189 e. The first-order valence-corrected chi connectivity index (χ1v) is 12.1. The Balaban J connectivity index is 2.38. The molecule has 164 valence electrons. The van der Waals surface area contributed by atoms with Gasteiger partial charge < -0.3 is 5.11 Å². The molecule has 0 saturated carbocycles. The Hall–Kier alpha value is -2.59. The fourth-order valence-electron chi connectivity index (χ4n) is 3.88. The maximum atomic E-state index is 13.9. The van der Waals surface area contributed by atoms with Crippen LogP contribution in [0.2, 0.25) is 0 Å². The van der Waals surface area contributed by atoms with Gasteiger partial charge in [-0.1, -0.05) is 90.1 Å². The first-order valence-electron chi connectivity index (χ1n) is 10.6. The van der Waals surface area contributed by atoms with Crippen LogP contribution in [0.25, 0.3) is 0 Å². The van der Waals surface area contributed by atoms with Crippen LogP contribution in [0.3, 0.4) is 0 Å². The number of benzene rings is 3. The van der Waals surface area contributed by atoms with Crippen molar-refractivity contribution in [1.82, 2.24) is 0 Å². The van der Waals surface area contributed by atoms with Gasteiger partial charge in [-0.3, -0.25) is 0 Å². The van der Waals surface area contributed by atoms with Gasteiger partial charge in [0.2, 0.25) is 0 Å². The third-order valence-corrected chi connectivity index (χ3v) is 7.63. The van der Waals surface area contributed by atoms with Crippen molar-refractivity contribution in [3.8, 4) is 5.75 Å². The molecule has 31 heavy (non-hydrogen) atoms. The van der Waals surface area contributed by atoms with Crippen molar-refractivity contribution in [3.05, 3.63) is 95.1 Å². The van der Waals surface area contributed by atoms with Gasteiger partial charge in [-0.15, -0.1) is 0 Å². The minimum absolute atomic E-state index is 0.243. The molecule has 4 heteroatoms. The molecule has 1 unspecified atom stereocenters. The summed E-state index contributed by atoms with van der Waals surface area (Å²) in [6, 6.07) is 21.6. The molecule has 0 aliphatic heterocycles. The molecule has 0 saturated heterocycles. The van der Waals surface area contributed by atoms with E-state index in [1.807, 2.05) is 90.1 Å². The van der Waals surface area contributed by atoms with E-state index in [0.29, 0.717) is 11.1 Å². The molecule has 0 aliphatic carbocycles. The summed E-state index contributed by atoms with van der Waals surface area (Å²) >= 11 is 0. The summed E-state index contributed by atoms with van der Waals surface area (Å²) in [4.78, 5) is 0.284. The Morgan fingerprint density at radius 3 is 1.52 bits per heavy atom.